The fourth-order valence-electron chi connectivity index (χ4n) is 2.07. The number of benzene rings is 1. The number of aliphatic imine (C=N–C) groups is 1. The molecule has 0 atom stereocenters. The van der Waals surface area contributed by atoms with E-state index in [2.05, 4.69) is 41.6 Å². The van der Waals surface area contributed by atoms with E-state index in [-0.39, 0.29) is 16.9 Å². The summed E-state index contributed by atoms with van der Waals surface area (Å²) in [5.74, 6) is 0.946. The molecule has 1 aromatic rings. The predicted octanol–water partition coefficient (Wildman–Crippen LogP) is 1.95. The summed E-state index contributed by atoms with van der Waals surface area (Å²) < 4.78 is 23.1. The van der Waals surface area contributed by atoms with Crippen LogP contribution < -0.4 is 10.6 Å². The molecule has 0 aliphatic carbocycles. The quantitative estimate of drug-likeness (QED) is 0.561. The number of hydrogen-bond donors (Lipinski definition) is 2. The van der Waals surface area contributed by atoms with Gasteiger partial charge in [0.05, 0.1) is 12.3 Å². The van der Waals surface area contributed by atoms with E-state index in [0.717, 1.165) is 6.54 Å². The van der Waals surface area contributed by atoms with Crippen LogP contribution in [0.3, 0.4) is 0 Å². The summed E-state index contributed by atoms with van der Waals surface area (Å²) >= 11 is 0. The molecule has 1 aromatic carbocycles. The summed E-state index contributed by atoms with van der Waals surface area (Å²) in [6.45, 7) is 9.67. The first-order valence-electron chi connectivity index (χ1n) is 8.09. The fourth-order valence-corrected chi connectivity index (χ4v) is 2.77. The van der Waals surface area contributed by atoms with Crippen molar-refractivity contribution in [3.63, 3.8) is 0 Å². The Kier molecular flexibility index (Phi) is 7.55. The number of sulfone groups is 1. The lowest BCUT2D eigenvalue weighted by molar-refractivity contribution is 0.537. The Morgan fingerprint density at radius 3 is 2.35 bits per heavy atom. The molecule has 0 heterocycles. The SMILES string of the molecule is CCNC(=NCC(C)(C)c1ccccc1)NCCS(=O)(=O)CC. The molecule has 0 fully saturated rings. The molecular formula is C17H29N3O2S. The molecule has 0 aliphatic rings. The van der Waals surface area contributed by atoms with Gasteiger partial charge in [-0.2, -0.15) is 0 Å². The van der Waals surface area contributed by atoms with E-state index in [0.29, 0.717) is 19.0 Å². The van der Waals surface area contributed by atoms with Crippen LogP contribution in [0.15, 0.2) is 35.3 Å². The summed E-state index contributed by atoms with van der Waals surface area (Å²) in [4.78, 5) is 4.61. The Morgan fingerprint density at radius 2 is 1.78 bits per heavy atom. The largest absolute Gasteiger partial charge is 0.357 e. The van der Waals surface area contributed by atoms with Crippen LogP contribution >= 0.6 is 0 Å². The molecule has 5 nitrogen and oxygen atoms in total. The van der Waals surface area contributed by atoms with Crippen LogP contribution in [-0.4, -0.2) is 45.5 Å². The molecule has 2 N–H and O–H groups in total. The van der Waals surface area contributed by atoms with E-state index >= 15 is 0 Å². The van der Waals surface area contributed by atoms with E-state index in [4.69, 9.17) is 0 Å². The van der Waals surface area contributed by atoms with Gasteiger partial charge in [0.1, 0.15) is 0 Å². The summed E-state index contributed by atoms with van der Waals surface area (Å²) in [5, 5.41) is 6.25. The number of rotatable bonds is 8. The van der Waals surface area contributed by atoms with Crippen molar-refractivity contribution in [3.8, 4) is 0 Å². The first kappa shape index (κ1) is 19.5. The molecule has 0 radical (unpaired) electrons. The van der Waals surface area contributed by atoms with Crippen LogP contribution in [0.2, 0.25) is 0 Å². The Bertz CT molecular complexity index is 596. The lowest BCUT2D eigenvalue weighted by Gasteiger charge is -2.24. The van der Waals surface area contributed by atoms with E-state index in [1.165, 1.54) is 5.56 Å². The smallest absolute Gasteiger partial charge is 0.191 e. The van der Waals surface area contributed by atoms with E-state index < -0.39 is 9.84 Å². The highest BCUT2D eigenvalue weighted by Crippen LogP contribution is 2.22. The van der Waals surface area contributed by atoms with Gasteiger partial charge in [-0.15, -0.1) is 0 Å². The molecule has 0 bridgehead atoms. The fraction of sp³-hybridized carbons (Fsp3) is 0.588. The van der Waals surface area contributed by atoms with Gasteiger partial charge in [-0.1, -0.05) is 51.1 Å². The zero-order valence-electron chi connectivity index (χ0n) is 14.6. The van der Waals surface area contributed by atoms with Gasteiger partial charge in [-0.05, 0) is 12.5 Å². The lowest BCUT2D eigenvalue weighted by atomic mass is 9.85. The van der Waals surface area contributed by atoms with Crippen LogP contribution in [0.4, 0.5) is 0 Å². The number of guanidine groups is 1. The van der Waals surface area contributed by atoms with Crippen molar-refractivity contribution < 1.29 is 8.42 Å². The van der Waals surface area contributed by atoms with Crippen LogP contribution in [0.5, 0.6) is 0 Å². The summed E-state index contributed by atoms with van der Waals surface area (Å²) in [7, 11) is -2.96. The summed E-state index contributed by atoms with van der Waals surface area (Å²) in [6, 6.07) is 10.3. The molecule has 0 spiro atoms. The van der Waals surface area contributed by atoms with Crippen molar-refractivity contribution in [2.75, 3.05) is 31.1 Å². The van der Waals surface area contributed by atoms with Gasteiger partial charge in [-0.3, -0.25) is 4.99 Å². The second kappa shape index (κ2) is 8.91. The van der Waals surface area contributed by atoms with E-state index in [1.54, 1.807) is 6.92 Å². The monoisotopic (exact) mass is 339 g/mol. The standard InChI is InChI=1S/C17H29N3O2S/c1-5-18-16(19-12-13-23(21,22)6-2)20-14-17(3,4)15-10-8-7-9-11-15/h7-11H,5-6,12-14H2,1-4H3,(H2,18,19,20). The molecule has 0 amide bonds. The third-order valence-electron chi connectivity index (χ3n) is 3.68. The molecule has 0 aliphatic heterocycles. The zero-order chi connectivity index (χ0) is 17.3. The second-order valence-electron chi connectivity index (χ2n) is 6.11. The lowest BCUT2D eigenvalue weighted by Crippen LogP contribution is -2.40. The van der Waals surface area contributed by atoms with E-state index in [1.807, 2.05) is 25.1 Å². The van der Waals surface area contributed by atoms with Gasteiger partial charge in [0.25, 0.3) is 0 Å². The summed E-state index contributed by atoms with van der Waals surface area (Å²) in [6.07, 6.45) is 0. The predicted molar refractivity (Wildman–Crippen MR) is 97.8 cm³/mol. The van der Waals surface area contributed by atoms with Crippen molar-refractivity contribution >= 4 is 15.8 Å². The van der Waals surface area contributed by atoms with Gasteiger partial charge in [-0.25, -0.2) is 8.42 Å². The van der Waals surface area contributed by atoms with Crippen LogP contribution in [0.1, 0.15) is 33.3 Å². The molecule has 0 saturated heterocycles. The Balaban J connectivity index is 2.67. The molecule has 6 heteroatoms. The second-order valence-corrected chi connectivity index (χ2v) is 8.58. The number of hydrogen-bond acceptors (Lipinski definition) is 3. The van der Waals surface area contributed by atoms with Crippen LogP contribution in [0, 0.1) is 0 Å². The Labute approximate surface area is 140 Å². The maximum atomic E-state index is 11.5. The zero-order valence-corrected chi connectivity index (χ0v) is 15.4. The highest BCUT2D eigenvalue weighted by molar-refractivity contribution is 7.91. The van der Waals surface area contributed by atoms with Gasteiger partial charge < -0.3 is 10.6 Å². The topological polar surface area (TPSA) is 70.6 Å². The first-order chi connectivity index (χ1) is 10.8. The van der Waals surface area contributed by atoms with Gasteiger partial charge in [0.2, 0.25) is 0 Å². The molecule has 130 valence electrons. The van der Waals surface area contributed by atoms with Crippen molar-refractivity contribution in [1.29, 1.82) is 0 Å². The van der Waals surface area contributed by atoms with Crippen molar-refractivity contribution in [2.24, 2.45) is 4.99 Å². The maximum absolute atomic E-state index is 11.5. The normalized spacial score (nSPS) is 13.0. The molecule has 0 aromatic heterocycles. The van der Waals surface area contributed by atoms with Gasteiger partial charge >= 0.3 is 0 Å². The number of nitrogens with one attached hydrogen (secondary N) is 2. The van der Waals surface area contributed by atoms with Crippen LogP contribution in [0.25, 0.3) is 0 Å². The Morgan fingerprint density at radius 1 is 1.13 bits per heavy atom. The third kappa shape index (κ3) is 7.03. The van der Waals surface area contributed by atoms with Crippen molar-refractivity contribution in [3.05, 3.63) is 35.9 Å². The highest BCUT2D eigenvalue weighted by atomic mass is 32.2. The molecule has 0 unspecified atom stereocenters. The average Bonchev–Trinajstić information content (AvgIpc) is 2.53. The highest BCUT2D eigenvalue weighted by Gasteiger charge is 2.20. The summed E-state index contributed by atoms with van der Waals surface area (Å²) in [5.41, 5.74) is 1.15. The minimum atomic E-state index is -2.96. The van der Waals surface area contributed by atoms with Gasteiger partial charge in [0, 0.05) is 24.3 Å². The average molecular weight is 340 g/mol. The number of nitrogens with zero attached hydrogens (tertiary/aromatic N) is 1. The van der Waals surface area contributed by atoms with E-state index in [9.17, 15) is 8.42 Å². The first-order valence-corrected chi connectivity index (χ1v) is 9.91. The molecular weight excluding hydrogens is 310 g/mol. The minimum Gasteiger partial charge on any atom is -0.357 e. The molecule has 23 heavy (non-hydrogen) atoms. The molecule has 1 rings (SSSR count). The Hall–Kier alpha value is -1.56. The van der Waals surface area contributed by atoms with Crippen molar-refractivity contribution in [2.45, 2.75) is 33.1 Å². The molecule has 0 saturated carbocycles. The van der Waals surface area contributed by atoms with Gasteiger partial charge in [0.15, 0.2) is 15.8 Å². The maximum Gasteiger partial charge on any atom is 0.191 e. The van der Waals surface area contributed by atoms with Crippen LogP contribution in [-0.2, 0) is 15.3 Å². The minimum absolute atomic E-state index is 0.0842. The van der Waals surface area contributed by atoms with Crippen molar-refractivity contribution in [1.82, 2.24) is 10.6 Å². The third-order valence-corrected chi connectivity index (χ3v) is 5.38.